The van der Waals surface area contributed by atoms with Gasteiger partial charge in [0.15, 0.2) is 0 Å². The third-order valence-corrected chi connectivity index (χ3v) is 3.74. The fraction of sp³-hybridized carbons (Fsp3) is 0.250. The Morgan fingerprint density at radius 3 is 2.82 bits per heavy atom. The van der Waals surface area contributed by atoms with Crippen LogP contribution >= 0.6 is 11.3 Å². The van der Waals surface area contributed by atoms with Crippen molar-refractivity contribution in [3.8, 4) is 10.6 Å². The minimum atomic E-state index is -0.354. The molecular formula is C12H10N2O2S. The standard InChI is InChI=1S/C12H10N2O2S/c15-14(16)11-4-2-1-3-9(11)12-13-10(7-17-12)8-5-6-8/h1-4,7-8H,5-6H2. The molecule has 1 saturated carbocycles. The zero-order chi connectivity index (χ0) is 11.8. The van der Waals surface area contributed by atoms with Crippen molar-refractivity contribution < 1.29 is 4.92 Å². The molecule has 0 N–H and O–H groups in total. The lowest BCUT2D eigenvalue weighted by molar-refractivity contribution is -0.384. The average Bonchev–Trinajstić information content (AvgIpc) is 3.07. The van der Waals surface area contributed by atoms with E-state index in [1.54, 1.807) is 18.2 Å². The molecule has 0 bridgehead atoms. The molecule has 1 aliphatic rings. The van der Waals surface area contributed by atoms with E-state index in [2.05, 4.69) is 4.98 Å². The Morgan fingerprint density at radius 2 is 2.12 bits per heavy atom. The summed E-state index contributed by atoms with van der Waals surface area (Å²) < 4.78 is 0. The first-order chi connectivity index (χ1) is 8.25. The highest BCUT2D eigenvalue weighted by atomic mass is 32.1. The predicted octanol–water partition coefficient (Wildman–Crippen LogP) is 3.60. The first-order valence-electron chi connectivity index (χ1n) is 5.45. The van der Waals surface area contributed by atoms with Gasteiger partial charge in [-0.15, -0.1) is 11.3 Å². The number of nitro benzene ring substituents is 1. The van der Waals surface area contributed by atoms with Crippen LogP contribution in [0.5, 0.6) is 0 Å². The van der Waals surface area contributed by atoms with Crippen molar-refractivity contribution in [2.75, 3.05) is 0 Å². The van der Waals surface area contributed by atoms with Crippen molar-refractivity contribution in [2.24, 2.45) is 0 Å². The molecule has 1 aromatic carbocycles. The first-order valence-corrected chi connectivity index (χ1v) is 6.33. The smallest absolute Gasteiger partial charge is 0.258 e. The quantitative estimate of drug-likeness (QED) is 0.614. The van der Waals surface area contributed by atoms with Crippen LogP contribution in [0.3, 0.4) is 0 Å². The van der Waals surface area contributed by atoms with Gasteiger partial charge in [-0.05, 0) is 18.9 Å². The van der Waals surface area contributed by atoms with E-state index in [1.165, 1.54) is 30.2 Å². The summed E-state index contributed by atoms with van der Waals surface area (Å²) in [4.78, 5) is 15.1. The average molecular weight is 246 g/mol. The summed E-state index contributed by atoms with van der Waals surface area (Å²) in [6.07, 6.45) is 2.39. The second-order valence-corrected chi connectivity index (χ2v) is 4.98. The topological polar surface area (TPSA) is 56.0 Å². The van der Waals surface area contributed by atoms with Gasteiger partial charge in [0.1, 0.15) is 5.01 Å². The summed E-state index contributed by atoms with van der Waals surface area (Å²) >= 11 is 1.49. The molecule has 4 nitrogen and oxygen atoms in total. The molecule has 2 aromatic rings. The summed E-state index contributed by atoms with van der Waals surface area (Å²) in [6, 6.07) is 6.76. The molecule has 1 aromatic heterocycles. The SMILES string of the molecule is O=[N+]([O-])c1ccccc1-c1nc(C2CC2)cs1. The molecule has 0 aliphatic heterocycles. The second kappa shape index (κ2) is 3.92. The van der Waals surface area contributed by atoms with Crippen LogP contribution in [0.2, 0.25) is 0 Å². The monoisotopic (exact) mass is 246 g/mol. The highest BCUT2D eigenvalue weighted by Gasteiger charge is 2.27. The fourth-order valence-electron chi connectivity index (χ4n) is 1.79. The maximum atomic E-state index is 10.9. The van der Waals surface area contributed by atoms with E-state index >= 15 is 0 Å². The number of aromatic nitrogens is 1. The summed E-state index contributed by atoms with van der Waals surface area (Å²) in [5.74, 6) is 0.586. The van der Waals surface area contributed by atoms with Crippen molar-refractivity contribution >= 4 is 17.0 Å². The number of thiazole rings is 1. The van der Waals surface area contributed by atoms with Crippen LogP contribution in [0, 0.1) is 10.1 Å². The van der Waals surface area contributed by atoms with Crippen LogP contribution in [-0.2, 0) is 0 Å². The van der Waals surface area contributed by atoms with E-state index < -0.39 is 0 Å². The first kappa shape index (κ1) is 10.4. The van der Waals surface area contributed by atoms with Gasteiger partial charge >= 0.3 is 0 Å². The Morgan fingerprint density at radius 1 is 1.35 bits per heavy atom. The summed E-state index contributed by atoms with van der Waals surface area (Å²) in [5.41, 5.74) is 1.83. The van der Waals surface area contributed by atoms with E-state index in [0.29, 0.717) is 11.5 Å². The Bertz CT molecular complexity index is 575. The van der Waals surface area contributed by atoms with Gasteiger partial charge in [0.2, 0.25) is 0 Å². The van der Waals surface area contributed by atoms with E-state index in [4.69, 9.17) is 0 Å². The van der Waals surface area contributed by atoms with Crippen LogP contribution in [0.1, 0.15) is 24.5 Å². The molecule has 0 saturated heterocycles. The van der Waals surface area contributed by atoms with Crippen molar-refractivity contribution in [2.45, 2.75) is 18.8 Å². The zero-order valence-electron chi connectivity index (χ0n) is 9.00. The van der Waals surface area contributed by atoms with Gasteiger partial charge < -0.3 is 0 Å². The molecule has 0 atom stereocenters. The largest absolute Gasteiger partial charge is 0.279 e. The maximum Gasteiger partial charge on any atom is 0.279 e. The molecule has 1 heterocycles. The number of hydrogen-bond acceptors (Lipinski definition) is 4. The molecule has 0 amide bonds. The summed E-state index contributed by atoms with van der Waals surface area (Å²) in [7, 11) is 0. The minimum Gasteiger partial charge on any atom is -0.258 e. The fourth-order valence-corrected chi connectivity index (χ4v) is 2.73. The number of para-hydroxylation sites is 1. The van der Waals surface area contributed by atoms with Crippen LogP contribution in [0.15, 0.2) is 29.6 Å². The Balaban J connectivity index is 2.04. The Hall–Kier alpha value is -1.75. The van der Waals surface area contributed by atoms with Gasteiger partial charge in [0.05, 0.1) is 16.2 Å². The number of rotatable bonds is 3. The number of nitro groups is 1. The van der Waals surface area contributed by atoms with E-state index in [1.807, 2.05) is 5.38 Å². The lowest BCUT2D eigenvalue weighted by Gasteiger charge is -1.98. The molecule has 1 aliphatic carbocycles. The number of benzene rings is 1. The third kappa shape index (κ3) is 1.93. The lowest BCUT2D eigenvalue weighted by atomic mass is 10.2. The Kier molecular flexibility index (Phi) is 2.40. The molecule has 17 heavy (non-hydrogen) atoms. The summed E-state index contributed by atoms with van der Waals surface area (Å²) in [5, 5.41) is 13.7. The van der Waals surface area contributed by atoms with Crippen LogP contribution < -0.4 is 0 Å². The van der Waals surface area contributed by atoms with Gasteiger partial charge in [-0.2, -0.15) is 0 Å². The Labute approximate surface area is 102 Å². The minimum absolute atomic E-state index is 0.129. The predicted molar refractivity (Wildman–Crippen MR) is 66.2 cm³/mol. The van der Waals surface area contributed by atoms with Crippen molar-refractivity contribution in [1.82, 2.24) is 4.98 Å². The number of nitrogens with zero attached hydrogens (tertiary/aromatic N) is 2. The van der Waals surface area contributed by atoms with Crippen LogP contribution in [-0.4, -0.2) is 9.91 Å². The zero-order valence-corrected chi connectivity index (χ0v) is 9.81. The van der Waals surface area contributed by atoms with E-state index in [9.17, 15) is 10.1 Å². The van der Waals surface area contributed by atoms with Crippen molar-refractivity contribution in [3.63, 3.8) is 0 Å². The number of hydrogen-bond donors (Lipinski definition) is 0. The highest BCUT2D eigenvalue weighted by molar-refractivity contribution is 7.13. The summed E-state index contributed by atoms with van der Waals surface area (Å²) in [6.45, 7) is 0. The molecule has 86 valence electrons. The van der Waals surface area contributed by atoms with Crippen molar-refractivity contribution in [1.29, 1.82) is 0 Å². The molecule has 3 rings (SSSR count). The second-order valence-electron chi connectivity index (χ2n) is 4.13. The van der Waals surface area contributed by atoms with Crippen molar-refractivity contribution in [3.05, 3.63) is 45.5 Å². The van der Waals surface area contributed by atoms with Crippen LogP contribution in [0.4, 0.5) is 5.69 Å². The highest BCUT2D eigenvalue weighted by Crippen LogP contribution is 2.42. The normalized spacial score (nSPS) is 14.8. The van der Waals surface area contributed by atoms with Gasteiger partial charge in [-0.25, -0.2) is 4.98 Å². The molecule has 1 fully saturated rings. The lowest BCUT2D eigenvalue weighted by Crippen LogP contribution is -1.91. The molecule has 0 spiro atoms. The van der Waals surface area contributed by atoms with Crippen LogP contribution in [0.25, 0.3) is 10.6 Å². The maximum absolute atomic E-state index is 10.9. The molecular weight excluding hydrogens is 236 g/mol. The van der Waals surface area contributed by atoms with Gasteiger partial charge in [0.25, 0.3) is 5.69 Å². The van der Waals surface area contributed by atoms with Gasteiger partial charge in [0, 0.05) is 17.4 Å². The van der Waals surface area contributed by atoms with E-state index in [-0.39, 0.29) is 10.6 Å². The molecule has 0 unspecified atom stereocenters. The molecule has 0 radical (unpaired) electrons. The van der Waals surface area contributed by atoms with Gasteiger partial charge in [-0.3, -0.25) is 10.1 Å². The van der Waals surface area contributed by atoms with E-state index in [0.717, 1.165) is 10.7 Å². The third-order valence-electron chi connectivity index (χ3n) is 2.85. The molecule has 5 heteroatoms. The van der Waals surface area contributed by atoms with Gasteiger partial charge in [-0.1, -0.05) is 12.1 Å².